The monoisotopic (exact) mass is 1340 g/mol. The lowest BCUT2D eigenvalue weighted by Crippen LogP contribution is -2.44. The Morgan fingerprint density at radius 2 is 0.557 bits per heavy atom. The Labute approximate surface area is 594 Å². The first kappa shape index (κ1) is 90.6. The molecule has 2 unspecified atom stereocenters. The highest BCUT2D eigenvalue weighted by atomic mass is 16.7. The molecule has 0 aromatic rings. The topological polar surface area (TPSA) is 111 Å². The number of likely N-dealkylation sites (N-methyl/N-ethyl adjacent to an activating group) is 1. The minimum atomic E-state index is -1.64. The highest BCUT2D eigenvalue weighted by Crippen LogP contribution is 2.15. The molecule has 2 atom stereocenters. The average Bonchev–Trinajstić information content (AvgIpc) is 2.39. The Balaban J connectivity index is 4.22. The molecule has 9 heteroatoms. The summed E-state index contributed by atoms with van der Waals surface area (Å²) >= 11 is 0. The van der Waals surface area contributed by atoms with Crippen molar-refractivity contribution in [3.63, 3.8) is 0 Å². The molecule has 0 radical (unpaired) electrons. The van der Waals surface area contributed by atoms with Crippen LogP contribution in [0.2, 0.25) is 0 Å². The van der Waals surface area contributed by atoms with Gasteiger partial charge in [0.25, 0.3) is 0 Å². The summed E-state index contributed by atoms with van der Waals surface area (Å²) in [7, 11) is 5.91. The zero-order chi connectivity index (χ0) is 70.4. The van der Waals surface area contributed by atoms with Crippen molar-refractivity contribution in [2.45, 2.75) is 270 Å². The quantitative estimate of drug-likeness (QED) is 0.0195. The molecule has 0 aliphatic heterocycles. The molecule has 0 saturated carbocycles. The van der Waals surface area contributed by atoms with Gasteiger partial charge in [0.05, 0.1) is 40.3 Å². The fourth-order valence-electron chi connectivity index (χ4n) is 9.52. The number of allylic oxidation sites excluding steroid dienone is 36. The summed E-state index contributed by atoms with van der Waals surface area (Å²) < 4.78 is 22.8. The lowest BCUT2D eigenvalue weighted by molar-refractivity contribution is -0.870. The summed E-state index contributed by atoms with van der Waals surface area (Å²) in [6.07, 6.45) is 116. The second-order valence-corrected chi connectivity index (χ2v) is 25.5. The van der Waals surface area contributed by atoms with E-state index < -0.39 is 24.3 Å². The number of nitrogens with zero attached hydrogens (tertiary/aromatic N) is 1. The number of rotatable bonds is 67. The van der Waals surface area contributed by atoms with Crippen LogP contribution in [0.3, 0.4) is 0 Å². The minimum Gasteiger partial charge on any atom is -0.545 e. The number of esters is 2. The zero-order valence-electron chi connectivity index (χ0n) is 61.9. The van der Waals surface area contributed by atoms with Gasteiger partial charge in [0, 0.05) is 12.8 Å². The number of carbonyl (C=O) groups is 3. The zero-order valence-corrected chi connectivity index (χ0v) is 61.9. The van der Waals surface area contributed by atoms with Crippen molar-refractivity contribution >= 4 is 17.9 Å². The molecule has 97 heavy (non-hydrogen) atoms. The van der Waals surface area contributed by atoms with Gasteiger partial charge in [-0.3, -0.25) is 9.59 Å². The molecule has 0 amide bonds. The van der Waals surface area contributed by atoms with Crippen LogP contribution in [0.15, 0.2) is 219 Å². The molecule has 0 aliphatic rings. The lowest BCUT2D eigenvalue weighted by Gasteiger charge is -2.26. The second kappa shape index (κ2) is 75.4. The van der Waals surface area contributed by atoms with Crippen molar-refractivity contribution in [2.24, 2.45) is 0 Å². The summed E-state index contributed by atoms with van der Waals surface area (Å²) in [5.74, 6) is -2.33. The number of carboxylic acid groups (broad SMARTS) is 1. The van der Waals surface area contributed by atoms with Gasteiger partial charge in [-0.15, -0.1) is 0 Å². The molecule has 0 rings (SSSR count). The third-order valence-electron chi connectivity index (χ3n) is 15.2. The Morgan fingerprint density at radius 1 is 0.309 bits per heavy atom. The minimum absolute atomic E-state index is 0.133. The Bertz CT molecular complexity index is 2400. The Hall–Kier alpha value is -6.39. The Kier molecular flexibility index (Phi) is 70.4. The van der Waals surface area contributed by atoms with E-state index >= 15 is 0 Å². The highest BCUT2D eigenvalue weighted by molar-refractivity contribution is 5.70. The van der Waals surface area contributed by atoms with E-state index in [-0.39, 0.29) is 38.6 Å². The molecule has 0 aliphatic carbocycles. The molecule has 0 heterocycles. The maximum Gasteiger partial charge on any atom is 0.306 e. The summed E-state index contributed by atoms with van der Waals surface area (Å²) in [4.78, 5) is 37.6. The summed E-state index contributed by atoms with van der Waals surface area (Å²) in [5.41, 5.74) is 0. The summed E-state index contributed by atoms with van der Waals surface area (Å²) in [6, 6.07) is 0. The molecular weight excluding hydrogens is 1200 g/mol. The van der Waals surface area contributed by atoms with Gasteiger partial charge in [-0.1, -0.05) is 310 Å². The van der Waals surface area contributed by atoms with Crippen molar-refractivity contribution in [3.8, 4) is 0 Å². The van der Waals surface area contributed by atoms with E-state index in [0.29, 0.717) is 17.4 Å². The van der Waals surface area contributed by atoms with E-state index in [4.69, 9.17) is 18.9 Å². The standard InChI is InChI=1S/C88H137NO8/c1-6-8-10-12-14-16-18-20-22-24-26-28-30-32-34-36-38-40-41-42-43-44-45-47-49-51-53-55-57-59-61-63-65-67-69-71-73-75-77-79-86(91)97-84(83-96-88(87(92)93)94-81-80-89(3,4)5)82-95-85(90)78-76-74-72-70-68-66-64-62-60-58-56-54-52-50-48-46-39-37-35-33-31-29-27-25-23-21-19-17-15-13-11-9-7-2/h8-11,14-17,20-23,26-29,32-35,38-40,42-43,45-47,50-53,56-59,84,88H,6-7,12-13,18-19,24-25,30-31,36-37,41,44,48-49,54-55,60-83H2,1-5H3/b10-8-,11-9-,16-14-,17-15-,22-20-,23-21-,28-26-,29-27-,34-32-,35-33-,40-38-,43-42-,46-39-,47-45-,52-50-,53-51-,58-56-,59-57-. The number of quaternary nitrogens is 1. The third-order valence-corrected chi connectivity index (χ3v) is 15.2. The van der Waals surface area contributed by atoms with Gasteiger partial charge in [0.1, 0.15) is 13.2 Å². The van der Waals surface area contributed by atoms with Crippen LogP contribution >= 0.6 is 0 Å². The predicted molar refractivity (Wildman–Crippen MR) is 416 cm³/mol. The van der Waals surface area contributed by atoms with Crippen LogP contribution in [-0.4, -0.2) is 82.3 Å². The van der Waals surface area contributed by atoms with Crippen LogP contribution < -0.4 is 5.11 Å². The van der Waals surface area contributed by atoms with E-state index in [0.717, 1.165) is 173 Å². The van der Waals surface area contributed by atoms with Crippen molar-refractivity contribution < 1.29 is 42.9 Å². The fraction of sp³-hybridized carbons (Fsp3) is 0.557. The number of hydrogen-bond acceptors (Lipinski definition) is 8. The van der Waals surface area contributed by atoms with E-state index in [1.807, 2.05) is 21.1 Å². The van der Waals surface area contributed by atoms with Crippen LogP contribution in [0.4, 0.5) is 0 Å². The SMILES string of the molecule is CC/C=C\C/C=C\C/C=C\C/C=C\C/C=C\C/C=C\C/C=C\C/C=C\C/C=C\C/C=C\CCCCCCCCCCC(=O)OC(COC(=O)CCCCCCCCCC/C=C\C/C=C\C/C=C\C/C=C\C/C=C\C/C=C\C/C=C\C/C=C\CC)COC(OCC[N+](C)(C)C)C(=O)[O-]. The van der Waals surface area contributed by atoms with Gasteiger partial charge in [0.15, 0.2) is 12.4 Å². The van der Waals surface area contributed by atoms with Crippen LogP contribution in [0.25, 0.3) is 0 Å². The highest BCUT2D eigenvalue weighted by Gasteiger charge is 2.22. The number of aliphatic carboxylic acids is 1. The first-order valence-corrected chi connectivity index (χ1v) is 37.9. The van der Waals surface area contributed by atoms with Crippen molar-refractivity contribution in [1.82, 2.24) is 0 Å². The lowest BCUT2D eigenvalue weighted by atomic mass is 10.1. The largest absolute Gasteiger partial charge is 0.545 e. The van der Waals surface area contributed by atoms with E-state index in [1.54, 1.807) is 0 Å². The normalized spacial score (nSPS) is 13.9. The number of carboxylic acids is 1. The molecule has 542 valence electrons. The molecular formula is C88H137NO8. The van der Waals surface area contributed by atoms with Gasteiger partial charge in [-0.25, -0.2) is 0 Å². The van der Waals surface area contributed by atoms with Gasteiger partial charge < -0.3 is 33.3 Å². The Morgan fingerprint density at radius 3 is 0.825 bits per heavy atom. The van der Waals surface area contributed by atoms with Crippen LogP contribution in [0.1, 0.15) is 258 Å². The van der Waals surface area contributed by atoms with Gasteiger partial charge in [-0.05, 0) is 154 Å². The van der Waals surface area contributed by atoms with E-state index in [9.17, 15) is 19.5 Å². The van der Waals surface area contributed by atoms with Crippen LogP contribution in [-0.2, 0) is 33.3 Å². The number of carbonyl (C=O) groups excluding carboxylic acids is 3. The molecule has 0 saturated heterocycles. The molecule has 0 bridgehead atoms. The predicted octanol–water partition coefficient (Wildman–Crippen LogP) is 23.1. The summed E-state index contributed by atoms with van der Waals surface area (Å²) in [5, 5.41) is 11.9. The van der Waals surface area contributed by atoms with E-state index in [1.165, 1.54) is 51.4 Å². The first-order chi connectivity index (χ1) is 47.6. The maximum atomic E-state index is 13.0. The second-order valence-electron chi connectivity index (χ2n) is 25.5. The molecule has 0 fully saturated rings. The molecule has 0 aromatic carbocycles. The van der Waals surface area contributed by atoms with E-state index in [2.05, 4.69) is 233 Å². The number of hydrogen-bond donors (Lipinski definition) is 0. The number of ether oxygens (including phenoxy) is 4. The van der Waals surface area contributed by atoms with Crippen molar-refractivity contribution in [1.29, 1.82) is 0 Å². The smallest absolute Gasteiger partial charge is 0.306 e. The van der Waals surface area contributed by atoms with Crippen molar-refractivity contribution in [3.05, 3.63) is 219 Å². The molecule has 0 aromatic heterocycles. The number of unbranched alkanes of at least 4 members (excludes halogenated alkanes) is 16. The third kappa shape index (κ3) is 76.8. The maximum absolute atomic E-state index is 13.0. The van der Waals surface area contributed by atoms with Gasteiger partial charge in [-0.2, -0.15) is 0 Å². The van der Waals surface area contributed by atoms with Crippen LogP contribution in [0.5, 0.6) is 0 Å². The molecule has 0 spiro atoms. The molecule has 0 N–H and O–H groups in total. The van der Waals surface area contributed by atoms with Crippen molar-refractivity contribution in [2.75, 3.05) is 47.5 Å². The van der Waals surface area contributed by atoms with Gasteiger partial charge in [0.2, 0.25) is 0 Å². The summed E-state index contributed by atoms with van der Waals surface area (Å²) in [6.45, 7) is 4.48. The average molecular weight is 1340 g/mol. The fourth-order valence-corrected chi connectivity index (χ4v) is 9.52. The molecule has 9 nitrogen and oxygen atoms in total. The van der Waals surface area contributed by atoms with Gasteiger partial charge >= 0.3 is 11.9 Å². The first-order valence-electron chi connectivity index (χ1n) is 37.9. The van der Waals surface area contributed by atoms with Crippen LogP contribution in [0, 0.1) is 0 Å².